The van der Waals surface area contributed by atoms with Crippen LogP contribution in [-0.2, 0) is 11.2 Å². The van der Waals surface area contributed by atoms with E-state index in [-0.39, 0.29) is 5.97 Å². The molecule has 4 heteroatoms. The maximum atomic E-state index is 11.4. The van der Waals surface area contributed by atoms with Crippen LogP contribution in [0.3, 0.4) is 0 Å². The van der Waals surface area contributed by atoms with Gasteiger partial charge >= 0.3 is 5.97 Å². The van der Waals surface area contributed by atoms with Crippen molar-refractivity contribution in [1.29, 1.82) is 0 Å². The Morgan fingerprint density at radius 3 is 3.07 bits per heavy atom. The molecule has 0 unspecified atom stereocenters. The molecule has 1 aliphatic carbocycles. The Morgan fingerprint density at radius 1 is 1.60 bits per heavy atom. The highest BCUT2D eigenvalue weighted by Crippen LogP contribution is 2.31. The third kappa shape index (κ3) is 2.75. The number of carbonyl (C=O) groups is 1. The molecule has 1 saturated carbocycles. The van der Waals surface area contributed by atoms with Crippen molar-refractivity contribution in [3.8, 4) is 0 Å². The van der Waals surface area contributed by atoms with Crippen molar-refractivity contribution >= 4 is 5.97 Å². The lowest BCUT2D eigenvalue weighted by atomic mass is 10.2. The van der Waals surface area contributed by atoms with Crippen LogP contribution in [0, 0.1) is 5.92 Å². The lowest BCUT2D eigenvalue weighted by Crippen LogP contribution is -2.09. The molecule has 2 rings (SSSR count). The smallest absolute Gasteiger partial charge is 0.357 e. The molecule has 0 N–H and O–H groups in total. The average molecular weight is 206 g/mol. The van der Waals surface area contributed by atoms with Gasteiger partial charge in [-0.15, -0.1) is 0 Å². The Labute approximate surface area is 88.7 Å². The summed E-state index contributed by atoms with van der Waals surface area (Å²) in [5, 5.41) is 0. The van der Waals surface area contributed by atoms with Crippen molar-refractivity contribution in [2.75, 3.05) is 6.61 Å². The van der Waals surface area contributed by atoms with Crippen LogP contribution in [0.4, 0.5) is 0 Å². The zero-order valence-electron chi connectivity index (χ0n) is 8.77. The number of hydrogen-bond acceptors (Lipinski definition) is 4. The van der Waals surface area contributed by atoms with Crippen molar-refractivity contribution in [3.05, 3.63) is 23.8 Å². The summed E-state index contributed by atoms with van der Waals surface area (Å²) in [5.41, 5.74) is 0.363. The summed E-state index contributed by atoms with van der Waals surface area (Å²) in [6.45, 7) is 2.16. The number of carbonyl (C=O) groups excluding carboxylic acids is 1. The number of aromatic nitrogens is 2. The van der Waals surface area contributed by atoms with Crippen LogP contribution in [0.25, 0.3) is 0 Å². The Balaban J connectivity index is 2.06. The highest BCUT2D eigenvalue weighted by atomic mass is 16.5. The predicted molar refractivity (Wildman–Crippen MR) is 54.4 cm³/mol. The van der Waals surface area contributed by atoms with Crippen molar-refractivity contribution in [2.24, 2.45) is 5.92 Å². The van der Waals surface area contributed by atoms with Gasteiger partial charge in [-0.1, -0.05) is 0 Å². The number of esters is 1. The molecule has 1 fully saturated rings. The molecule has 1 aromatic heterocycles. The van der Waals surface area contributed by atoms with Gasteiger partial charge in [-0.25, -0.2) is 14.8 Å². The fraction of sp³-hybridized carbons (Fsp3) is 0.545. The second-order valence-electron chi connectivity index (χ2n) is 3.73. The fourth-order valence-corrected chi connectivity index (χ4v) is 1.40. The quantitative estimate of drug-likeness (QED) is 0.702. The highest BCUT2D eigenvalue weighted by Gasteiger charge is 2.23. The summed E-state index contributed by atoms with van der Waals surface area (Å²) in [6, 6.07) is 1.59. The maximum Gasteiger partial charge on any atom is 0.357 e. The first-order valence-electron chi connectivity index (χ1n) is 5.28. The number of rotatable bonds is 4. The van der Waals surface area contributed by atoms with Gasteiger partial charge in [0.05, 0.1) is 6.61 Å². The molecule has 0 saturated heterocycles. The third-order valence-corrected chi connectivity index (χ3v) is 2.36. The Bertz CT molecular complexity index is 361. The van der Waals surface area contributed by atoms with Crippen LogP contribution in [0.2, 0.25) is 0 Å². The van der Waals surface area contributed by atoms with Crippen LogP contribution in [-0.4, -0.2) is 22.5 Å². The second kappa shape index (κ2) is 4.38. The molecule has 1 aliphatic rings. The molecule has 15 heavy (non-hydrogen) atoms. The van der Waals surface area contributed by atoms with E-state index in [2.05, 4.69) is 9.97 Å². The first-order valence-corrected chi connectivity index (χ1v) is 5.28. The average Bonchev–Trinajstić information content (AvgIpc) is 3.03. The first-order chi connectivity index (χ1) is 7.29. The number of ether oxygens (including phenoxy) is 1. The zero-order chi connectivity index (χ0) is 10.7. The van der Waals surface area contributed by atoms with E-state index >= 15 is 0 Å². The van der Waals surface area contributed by atoms with Gasteiger partial charge in [0, 0.05) is 12.6 Å². The molecule has 0 amide bonds. The fourth-order valence-electron chi connectivity index (χ4n) is 1.40. The van der Waals surface area contributed by atoms with Crippen LogP contribution in [0.15, 0.2) is 12.3 Å². The topological polar surface area (TPSA) is 52.1 Å². The molecule has 1 heterocycles. The lowest BCUT2D eigenvalue weighted by Gasteiger charge is -2.02. The van der Waals surface area contributed by atoms with Crippen molar-refractivity contribution in [2.45, 2.75) is 26.2 Å². The molecule has 0 radical (unpaired) electrons. The molecule has 1 aromatic rings. The number of hydrogen-bond donors (Lipinski definition) is 0. The van der Waals surface area contributed by atoms with Gasteiger partial charge < -0.3 is 4.74 Å². The normalized spacial score (nSPS) is 15.0. The van der Waals surface area contributed by atoms with E-state index in [1.165, 1.54) is 12.8 Å². The molecule has 4 nitrogen and oxygen atoms in total. The summed E-state index contributed by atoms with van der Waals surface area (Å²) in [4.78, 5) is 19.7. The minimum atomic E-state index is -0.364. The van der Waals surface area contributed by atoms with E-state index in [0.29, 0.717) is 12.3 Å². The summed E-state index contributed by atoms with van der Waals surface area (Å²) < 4.78 is 4.87. The van der Waals surface area contributed by atoms with E-state index in [1.807, 2.05) is 0 Å². The van der Waals surface area contributed by atoms with E-state index in [4.69, 9.17) is 4.74 Å². The Hall–Kier alpha value is -1.45. The van der Waals surface area contributed by atoms with Crippen LogP contribution in [0.1, 0.15) is 36.1 Å². The SMILES string of the molecule is CCOC(=O)c1ccnc(CC2CC2)n1. The second-order valence-corrected chi connectivity index (χ2v) is 3.73. The van der Waals surface area contributed by atoms with Crippen LogP contribution >= 0.6 is 0 Å². The van der Waals surface area contributed by atoms with E-state index in [9.17, 15) is 4.79 Å². The van der Waals surface area contributed by atoms with Gasteiger partial charge in [-0.05, 0) is 31.7 Å². The summed E-state index contributed by atoms with van der Waals surface area (Å²) in [5.74, 6) is 1.11. The van der Waals surface area contributed by atoms with Gasteiger partial charge in [-0.2, -0.15) is 0 Å². The minimum absolute atomic E-state index is 0.363. The van der Waals surface area contributed by atoms with Crippen LogP contribution in [0.5, 0.6) is 0 Å². The lowest BCUT2D eigenvalue weighted by molar-refractivity contribution is 0.0519. The van der Waals surface area contributed by atoms with Gasteiger partial charge in [-0.3, -0.25) is 0 Å². The van der Waals surface area contributed by atoms with Crippen molar-refractivity contribution in [3.63, 3.8) is 0 Å². The molecule has 0 aromatic carbocycles. The number of nitrogens with zero attached hydrogens (tertiary/aromatic N) is 2. The zero-order valence-corrected chi connectivity index (χ0v) is 8.77. The van der Waals surface area contributed by atoms with Crippen LogP contribution < -0.4 is 0 Å². The van der Waals surface area contributed by atoms with Gasteiger partial charge in [0.15, 0.2) is 5.69 Å². The molecule has 0 aliphatic heterocycles. The molecule has 0 spiro atoms. The molecular weight excluding hydrogens is 192 g/mol. The summed E-state index contributed by atoms with van der Waals surface area (Å²) in [7, 11) is 0. The van der Waals surface area contributed by atoms with Gasteiger partial charge in [0.1, 0.15) is 5.82 Å². The molecule has 0 bridgehead atoms. The molecule has 0 atom stereocenters. The molecule has 80 valence electrons. The van der Waals surface area contributed by atoms with Crippen molar-refractivity contribution in [1.82, 2.24) is 9.97 Å². The van der Waals surface area contributed by atoms with E-state index in [1.54, 1.807) is 19.2 Å². The largest absolute Gasteiger partial charge is 0.461 e. The van der Waals surface area contributed by atoms with E-state index < -0.39 is 0 Å². The minimum Gasteiger partial charge on any atom is -0.461 e. The third-order valence-electron chi connectivity index (χ3n) is 2.36. The maximum absolute atomic E-state index is 11.4. The predicted octanol–water partition coefficient (Wildman–Crippen LogP) is 1.61. The monoisotopic (exact) mass is 206 g/mol. The Morgan fingerprint density at radius 2 is 2.40 bits per heavy atom. The first kappa shape index (κ1) is 10.1. The molecular formula is C11H14N2O2. The summed E-state index contributed by atoms with van der Waals surface area (Å²) in [6.07, 6.45) is 5.02. The Kier molecular flexibility index (Phi) is 2.94. The van der Waals surface area contributed by atoms with E-state index in [0.717, 1.165) is 18.2 Å². The van der Waals surface area contributed by atoms with Gasteiger partial charge in [0.25, 0.3) is 0 Å². The van der Waals surface area contributed by atoms with Crippen molar-refractivity contribution < 1.29 is 9.53 Å². The van der Waals surface area contributed by atoms with Gasteiger partial charge in [0.2, 0.25) is 0 Å². The standard InChI is InChI=1S/C11H14N2O2/c1-2-15-11(14)9-5-6-12-10(13-9)7-8-3-4-8/h5-6,8H,2-4,7H2,1H3. The summed E-state index contributed by atoms with van der Waals surface area (Å²) >= 11 is 0. The highest BCUT2D eigenvalue weighted by molar-refractivity contribution is 5.87.